The first-order valence-corrected chi connectivity index (χ1v) is 5.89. The highest BCUT2D eigenvalue weighted by Gasteiger charge is 2.14. The summed E-state index contributed by atoms with van der Waals surface area (Å²) in [6.45, 7) is 3.99. The molecule has 1 aromatic heterocycles. The van der Waals surface area contributed by atoms with Gasteiger partial charge in [-0.2, -0.15) is 0 Å². The van der Waals surface area contributed by atoms with Crippen LogP contribution in [-0.4, -0.2) is 27.7 Å². The number of anilines is 1. The van der Waals surface area contributed by atoms with Gasteiger partial charge in [0.1, 0.15) is 18.0 Å². The zero-order chi connectivity index (χ0) is 13.1. The molecule has 1 heterocycles. The van der Waals surface area contributed by atoms with E-state index in [0.717, 1.165) is 0 Å². The Morgan fingerprint density at radius 1 is 1.33 bits per heavy atom. The molecule has 0 bridgehead atoms. The topological polar surface area (TPSA) is 58.0 Å². The van der Waals surface area contributed by atoms with E-state index in [4.69, 9.17) is 0 Å². The second-order valence-electron chi connectivity index (χ2n) is 4.56. The second-order valence-corrected chi connectivity index (χ2v) is 4.56. The lowest BCUT2D eigenvalue weighted by Gasteiger charge is -2.21. The minimum absolute atomic E-state index is 0.00151. The minimum Gasteiger partial charge on any atom is -0.394 e. The molecule has 0 aliphatic heterocycles. The maximum atomic E-state index is 13.3. The summed E-state index contributed by atoms with van der Waals surface area (Å²) >= 11 is 0. The maximum absolute atomic E-state index is 13.3. The molecule has 0 aliphatic carbocycles. The van der Waals surface area contributed by atoms with Crippen LogP contribution in [0, 0.1) is 11.7 Å². The average Bonchev–Trinajstić information content (AvgIpc) is 2.35. The molecule has 1 aromatic carbocycles. The van der Waals surface area contributed by atoms with E-state index in [1.165, 1.54) is 18.5 Å². The number of nitrogens with zero attached hydrogens (tertiary/aromatic N) is 2. The number of hydrogen-bond acceptors (Lipinski definition) is 4. The Morgan fingerprint density at radius 2 is 2.11 bits per heavy atom. The van der Waals surface area contributed by atoms with E-state index in [0.29, 0.717) is 16.7 Å². The summed E-state index contributed by atoms with van der Waals surface area (Å²) < 4.78 is 13.3. The van der Waals surface area contributed by atoms with Crippen molar-refractivity contribution < 1.29 is 9.50 Å². The summed E-state index contributed by atoms with van der Waals surface area (Å²) in [5.41, 5.74) is 0.675. The van der Waals surface area contributed by atoms with E-state index >= 15 is 0 Å². The molecule has 4 nitrogen and oxygen atoms in total. The lowest BCUT2D eigenvalue weighted by atomic mass is 10.1. The van der Waals surface area contributed by atoms with Gasteiger partial charge in [-0.25, -0.2) is 14.4 Å². The van der Waals surface area contributed by atoms with Gasteiger partial charge in [-0.1, -0.05) is 13.8 Å². The van der Waals surface area contributed by atoms with E-state index in [2.05, 4.69) is 15.3 Å². The van der Waals surface area contributed by atoms with Crippen LogP contribution in [0.4, 0.5) is 10.2 Å². The van der Waals surface area contributed by atoms with Gasteiger partial charge in [-0.3, -0.25) is 0 Å². The van der Waals surface area contributed by atoms with Gasteiger partial charge in [0.05, 0.1) is 18.2 Å². The molecule has 18 heavy (non-hydrogen) atoms. The Bertz CT molecular complexity index is 545. The number of halogens is 1. The number of nitrogens with one attached hydrogen (secondary N) is 1. The fraction of sp³-hybridized carbons (Fsp3) is 0.385. The first-order valence-electron chi connectivity index (χ1n) is 5.89. The second kappa shape index (κ2) is 5.27. The fourth-order valence-electron chi connectivity index (χ4n) is 1.74. The van der Waals surface area contributed by atoms with Crippen molar-refractivity contribution in [2.45, 2.75) is 19.9 Å². The van der Waals surface area contributed by atoms with Gasteiger partial charge in [0.25, 0.3) is 0 Å². The first-order chi connectivity index (χ1) is 8.61. The first kappa shape index (κ1) is 12.7. The molecule has 0 radical (unpaired) electrons. The van der Waals surface area contributed by atoms with Crippen molar-refractivity contribution in [3.8, 4) is 0 Å². The number of aliphatic hydroxyl groups excluding tert-OH is 1. The van der Waals surface area contributed by atoms with Gasteiger partial charge >= 0.3 is 0 Å². The van der Waals surface area contributed by atoms with E-state index in [1.54, 1.807) is 6.07 Å². The SMILES string of the molecule is CC(C)[C@@H](CO)Nc1ncnc2ccc(F)cc12. The lowest BCUT2D eigenvalue weighted by Crippen LogP contribution is -2.30. The van der Waals surface area contributed by atoms with Crippen LogP contribution in [0.25, 0.3) is 10.9 Å². The maximum Gasteiger partial charge on any atom is 0.137 e. The zero-order valence-corrected chi connectivity index (χ0v) is 10.4. The predicted molar refractivity (Wildman–Crippen MR) is 68.8 cm³/mol. The number of rotatable bonds is 4. The molecule has 0 fully saturated rings. The molecule has 0 spiro atoms. The van der Waals surface area contributed by atoms with Crippen LogP contribution in [0.1, 0.15) is 13.8 Å². The van der Waals surface area contributed by atoms with Crippen molar-refractivity contribution in [3.63, 3.8) is 0 Å². The average molecular weight is 249 g/mol. The van der Waals surface area contributed by atoms with Gasteiger partial charge in [0.15, 0.2) is 0 Å². The fourth-order valence-corrected chi connectivity index (χ4v) is 1.74. The Kier molecular flexibility index (Phi) is 3.72. The van der Waals surface area contributed by atoms with Crippen molar-refractivity contribution >= 4 is 16.7 Å². The van der Waals surface area contributed by atoms with Crippen molar-refractivity contribution in [1.82, 2.24) is 9.97 Å². The van der Waals surface area contributed by atoms with Crippen LogP contribution in [-0.2, 0) is 0 Å². The minimum atomic E-state index is -0.328. The normalized spacial score (nSPS) is 12.9. The molecule has 2 aromatic rings. The summed E-state index contributed by atoms with van der Waals surface area (Å²) in [5.74, 6) is 0.464. The predicted octanol–water partition coefficient (Wildman–Crippen LogP) is 2.20. The van der Waals surface area contributed by atoms with E-state index in [1.807, 2.05) is 13.8 Å². The Hall–Kier alpha value is -1.75. The Labute approximate surface area is 105 Å². The molecule has 96 valence electrons. The van der Waals surface area contributed by atoms with Crippen LogP contribution in [0.5, 0.6) is 0 Å². The number of benzene rings is 1. The van der Waals surface area contributed by atoms with Gasteiger partial charge in [0.2, 0.25) is 0 Å². The highest BCUT2D eigenvalue weighted by molar-refractivity contribution is 5.88. The van der Waals surface area contributed by atoms with Crippen molar-refractivity contribution in [3.05, 3.63) is 30.3 Å². The summed E-state index contributed by atoms with van der Waals surface area (Å²) in [6, 6.07) is 4.25. The van der Waals surface area contributed by atoms with Crippen molar-refractivity contribution in [1.29, 1.82) is 0 Å². The van der Waals surface area contributed by atoms with Gasteiger partial charge in [-0.15, -0.1) is 0 Å². The van der Waals surface area contributed by atoms with Crippen molar-refractivity contribution in [2.75, 3.05) is 11.9 Å². The molecule has 2 N–H and O–H groups in total. The quantitative estimate of drug-likeness (QED) is 0.872. The number of fused-ring (bicyclic) bond motifs is 1. The van der Waals surface area contributed by atoms with Crippen LogP contribution in [0.15, 0.2) is 24.5 Å². The number of hydrogen-bond donors (Lipinski definition) is 2. The van der Waals surface area contributed by atoms with E-state index in [-0.39, 0.29) is 24.4 Å². The van der Waals surface area contributed by atoms with Crippen LogP contribution in [0.2, 0.25) is 0 Å². The molecule has 0 amide bonds. The van der Waals surface area contributed by atoms with Crippen molar-refractivity contribution in [2.24, 2.45) is 5.92 Å². The zero-order valence-electron chi connectivity index (χ0n) is 10.4. The Morgan fingerprint density at radius 3 is 2.78 bits per heavy atom. The summed E-state index contributed by atoms with van der Waals surface area (Å²) in [6.07, 6.45) is 1.43. The Balaban J connectivity index is 2.41. The third-order valence-corrected chi connectivity index (χ3v) is 2.92. The highest BCUT2D eigenvalue weighted by atomic mass is 19.1. The smallest absolute Gasteiger partial charge is 0.137 e. The standard InChI is InChI=1S/C13H16FN3O/c1-8(2)12(6-18)17-13-10-5-9(14)3-4-11(10)15-7-16-13/h3-5,7-8,12,18H,6H2,1-2H3,(H,15,16,17)/t12-/m1/s1. The summed E-state index contributed by atoms with van der Waals surface area (Å²) in [7, 11) is 0. The van der Waals surface area contributed by atoms with E-state index in [9.17, 15) is 9.50 Å². The van der Waals surface area contributed by atoms with Crippen LogP contribution < -0.4 is 5.32 Å². The lowest BCUT2D eigenvalue weighted by molar-refractivity contribution is 0.249. The number of aliphatic hydroxyl groups is 1. The van der Waals surface area contributed by atoms with Crippen LogP contribution >= 0.6 is 0 Å². The molecule has 5 heteroatoms. The van der Waals surface area contributed by atoms with Gasteiger partial charge < -0.3 is 10.4 Å². The van der Waals surface area contributed by atoms with Gasteiger partial charge in [-0.05, 0) is 24.1 Å². The third-order valence-electron chi connectivity index (χ3n) is 2.92. The largest absolute Gasteiger partial charge is 0.394 e. The molecule has 0 aliphatic rings. The molecule has 0 saturated heterocycles. The van der Waals surface area contributed by atoms with E-state index < -0.39 is 0 Å². The van der Waals surface area contributed by atoms with Crippen LogP contribution in [0.3, 0.4) is 0 Å². The van der Waals surface area contributed by atoms with Gasteiger partial charge in [0, 0.05) is 5.39 Å². The summed E-state index contributed by atoms with van der Waals surface area (Å²) in [4.78, 5) is 8.20. The molecule has 1 atom stereocenters. The number of aromatic nitrogens is 2. The third kappa shape index (κ3) is 2.56. The molecular formula is C13H16FN3O. The summed E-state index contributed by atoms with van der Waals surface area (Å²) in [5, 5.41) is 13.1. The molecule has 0 unspecified atom stereocenters. The molecule has 0 saturated carbocycles. The molecular weight excluding hydrogens is 233 g/mol. The monoisotopic (exact) mass is 249 g/mol. The molecule has 2 rings (SSSR count). The highest BCUT2D eigenvalue weighted by Crippen LogP contribution is 2.21.